The summed E-state index contributed by atoms with van der Waals surface area (Å²) in [5.41, 5.74) is 1.92. The number of hydrogen-bond donors (Lipinski definition) is 2. The molecule has 20 heavy (non-hydrogen) atoms. The van der Waals surface area contributed by atoms with E-state index in [1.165, 1.54) is 23.6 Å². The fourth-order valence-electron chi connectivity index (χ4n) is 1.87. The zero-order chi connectivity index (χ0) is 14.1. The number of hydrogen-bond acceptors (Lipinski definition) is 5. The molecule has 5 nitrogen and oxygen atoms in total. The van der Waals surface area contributed by atoms with Crippen molar-refractivity contribution in [1.82, 2.24) is 9.97 Å². The number of amides is 1. The van der Waals surface area contributed by atoms with Crippen LogP contribution in [0, 0.1) is 6.92 Å². The molecule has 2 N–H and O–H groups in total. The van der Waals surface area contributed by atoms with Gasteiger partial charge in [-0.3, -0.25) is 10.1 Å². The highest BCUT2D eigenvalue weighted by atomic mass is 32.1. The monoisotopic (exact) mass is 285 g/mol. The summed E-state index contributed by atoms with van der Waals surface area (Å²) in [6.07, 6.45) is 1.46. The quantitative estimate of drug-likeness (QED) is 0.759. The van der Waals surface area contributed by atoms with Crippen molar-refractivity contribution in [3.63, 3.8) is 0 Å². The first-order chi connectivity index (χ1) is 9.65. The number of rotatable bonds is 2. The van der Waals surface area contributed by atoms with Gasteiger partial charge >= 0.3 is 0 Å². The number of nitrogens with zero attached hydrogens (tertiary/aromatic N) is 2. The van der Waals surface area contributed by atoms with Crippen LogP contribution >= 0.6 is 11.3 Å². The van der Waals surface area contributed by atoms with E-state index in [0.29, 0.717) is 5.13 Å². The van der Waals surface area contributed by atoms with E-state index >= 15 is 0 Å². The van der Waals surface area contributed by atoms with Gasteiger partial charge in [-0.1, -0.05) is 23.5 Å². The highest BCUT2D eigenvalue weighted by Crippen LogP contribution is 2.28. The minimum atomic E-state index is -0.472. The SMILES string of the molecule is Cc1cccc2sc(NC(=O)c3ncccc3O)nc12. The lowest BCUT2D eigenvalue weighted by molar-refractivity contribution is 0.101. The minimum Gasteiger partial charge on any atom is -0.505 e. The Hall–Kier alpha value is -2.47. The largest absolute Gasteiger partial charge is 0.505 e. The fraction of sp³-hybridized carbons (Fsp3) is 0.0714. The molecule has 0 atom stereocenters. The van der Waals surface area contributed by atoms with Gasteiger partial charge in [0.2, 0.25) is 0 Å². The zero-order valence-corrected chi connectivity index (χ0v) is 11.4. The Morgan fingerprint density at radius 2 is 2.15 bits per heavy atom. The van der Waals surface area contributed by atoms with E-state index in [9.17, 15) is 9.90 Å². The summed E-state index contributed by atoms with van der Waals surface area (Å²) in [5.74, 6) is -0.623. The number of anilines is 1. The van der Waals surface area contributed by atoms with Crippen molar-refractivity contribution in [2.45, 2.75) is 6.92 Å². The van der Waals surface area contributed by atoms with Gasteiger partial charge in [0.1, 0.15) is 5.75 Å². The van der Waals surface area contributed by atoms with Crippen molar-refractivity contribution in [2.24, 2.45) is 0 Å². The maximum absolute atomic E-state index is 12.0. The predicted molar refractivity (Wildman–Crippen MR) is 78.2 cm³/mol. The topological polar surface area (TPSA) is 75.1 Å². The molecular formula is C14H11N3O2S. The molecule has 100 valence electrons. The third-order valence-corrected chi connectivity index (χ3v) is 3.78. The average molecular weight is 285 g/mol. The molecule has 3 rings (SSSR count). The second-order valence-corrected chi connectivity index (χ2v) is 5.30. The van der Waals surface area contributed by atoms with Crippen LogP contribution in [0.4, 0.5) is 5.13 Å². The molecule has 2 aromatic heterocycles. The van der Waals surface area contributed by atoms with E-state index in [2.05, 4.69) is 15.3 Å². The smallest absolute Gasteiger partial charge is 0.279 e. The Morgan fingerprint density at radius 3 is 2.90 bits per heavy atom. The second-order valence-electron chi connectivity index (χ2n) is 4.27. The van der Waals surface area contributed by atoms with Crippen LogP contribution in [0.15, 0.2) is 36.5 Å². The van der Waals surface area contributed by atoms with Crippen molar-refractivity contribution in [3.05, 3.63) is 47.8 Å². The molecular weight excluding hydrogens is 274 g/mol. The molecule has 6 heteroatoms. The van der Waals surface area contributed by atoms with Gasteiger partial charge in [0.05, 0.1) is 10.2 Å². The first kappa shape index (κ1) is 12.6. The molecule has 0 unspecified atom stereocenters. The van der Waals surface area contributed by atoms with Crippen molar-refractivity contribution in [3.8, 4) is 5.75 Å². The van der Waals surface area contributed by atoms with Crippen LogP contribution in [0.25, 0.3) is 10.2 Å². The predicted octanol–water partition coefficient (Wildman–Crippen LogP) is 2.96. The summed E-state index contributed by atoms with van der Waals surface area (Å²) in [5, 5.41) is 12.8. The normalized spacial score (nSPS) is 10.7. The van der Waals surface area contributed by atoms with E-state index in [1.54, 1.807) is 6.07 Å². The number of carbonyl (C=O) groups excluding carboxylic acids is 1. The number of para-hydroxylation sites is 1. The second kappa shape index (κ2) is 4.90. The van der Waals surface area contributed by atoms with E-state index in [1.807, 2.05) is 25.1 Å². The summed E-state index contributed by atoms with van der Waals surface area (Å²) in [6.45, 7) is 1.97. The molecule has 1 amide bonds. The number of fused-ring (bicyclic) bond motifs is 1. The number of aryl methyl sites for hydroxylation is 1. The highest BCUT2D eigenvalue weighted by molar-refractivity contribution is 7.22. The maximum atomic E-state index is 12.0. The van der Waals surface area contributed by atoms with Crippen molar-refractivity contribution < 1.29 is 9.90 Å². The van der Waals surface area contributed by atoms with Gasteiger partial charge in [0.15, 0.2) is 10.8 Å². The summed E-state index contributed by atoms with van der Waals surface area (Å²) in [4.78, 5) is 20.3. The van der Waals surface area contributed by atoms with Crippen LogP contribution in [0.1, 0.15) is 16.1 Å². The Bertz CT molecular complexity index is 798. The van der Waals surface area contributed by atoms with Gasteiger partial charge in [-0.15, -0.1) is 0 Å². The number of thiazole rings is 1. The number of aromatic hydroxyl groups is 1. The molecule has 2 heterocycles. The number of pyridine rings is 1. The third-order valence-electron chi connectivity index (χ3n) is 2.84. The standard InChI is InChI=1S/C14H11N3O2S/c1-8-4-2-6-10-11(8)16-14(20-10)17-13(19)12-9(18)5-3-7-15-12/h2-7,18H,1H3,(H,16,17,19). The summed E-state index contributed by atoms with van der Waals surface area (Å²) >= 11 is 1.39. The van der Waals surface area contributed by atoms with Gasteiger partial charge in [0.25, 0.3) is 5.91 Å². The molecule has 0 bridgehead atoms. The Morgan fingerprint density at radius 1 is 1.30 bits per heavy atom. The molecule has 0 spiro atoms. The molecule has 0 radical (unpaired) electrons. The highest BCUT2D eigenvalue weighted by Gasteiger charge is 2.14. The molecule has 0 aliphatic rings. The van der Waals surface area contributed by atoms with Crippen LogP contribution in [-0.4, -0.2) is 21.0 Å². The lowest BCUT2D eigenvalue weighted by Gasteiger charge is -2.02. The Kier molecular flexibility index (Phi) is 3.08. The summed E-state index contributed by atoms with van der Waals surface area (Å²) in [6, 6.07) is 8.86. The van der Waals surface area contributed by atoms with Gasteiger partial charge in [0, 0.05) is 6.20 Å². The van der Waals surface area contributed by atoms with Gasteiger partial charge < -0.3 is 5.11 Å². The Balaban J connectivity index is 1.92. The molecule has 1 aromatic carbocycles. The van der Waals surface area contributed by atoms with Crippen LogP contribution in [-0.2, 0) is 0 Å². The lowest BCUT2D eigenvalue weighted by atomic mass is 10.2. The molecule has 0 fully saturated rings. The van der Waals surface area contributed by atoms with E-state index < -0.39 is 5.91 Å². The zero-order valence-electron chi connectivity index (χ0n) is 10.6. The van der Waals surface area contributed by atoms with Gasteiger partial charge in [-0.05, 0) is 30.7 Å². The molecule has 0 saturated heterocycles. The Labute approximate surface area is 118 Å². The van der Waals surface area contributed by atoms with Crippen molar-refractivity contribution >= 4 is 32.6 Å². The van der Waals surface area contributed by atoms with Crippen molar-refractivity contribution in [1.29, 1.82) is 0 Å². The van der Waals surface area contributed by atoms with Crippen LogP contribution in [0.2, 0.25) is 0 Å². The molecule has 0 saturated carbocycles. The van der Waals surface area contributed by atoms with Crippen LogP contribution in [0.5, 0.6) is 5.75 Å². The van der Waals surface area contributed by atoms with Gasteiger partial charge in [-0.2, -0.15) is 0 Å². The third kappa shape index (κ3) is 2.21. The van der Waals surface area contributed by atoms with E-state index in [4.69, 9.17) is 0 Å². The lowest BCUT2D eigenvalue weighted by Crippen LogP contribution is -2.13. The van der Waals surface area contributed by atoms with E-state index in [0.717, 1.165) is 15.8 Å². The number of carbonyl (C=O) groups is 1. The summed E-state index contributed by atoms with van der Waals surface area (Å²) < 4.78 is 1.01. The maximum Gasteiger partial charge on any atom is 0.279 e. The summed E-state index contributed by atoms with van der Waals surface area (Å²) in [7, 11) is 0. The number of benzene rings is 1. The van der Waals surface area contributed by atoms with Crippen molar-refractivity contribution in [2.75, 3.05) is 5.32 Å². The number of aromatic nitrogens is 2. The van der Waals surface area contributed by atoms with Crippen LogP contribution < -0.4 is 5.32 Å². The number of nitrogens with one attached hydrogen (secondary N) is 1. The minimum absolute atomic E-state index is 0.0107. The first-order valence-electron chi connectivity index (χ1n) is 5.96. The van der Waals surface area contributed by atoms with Gasteiger partial charge in [-0.25, -0.2) is 9.97 Å². The average Bonchev–Trinajstić information content (AvgIpc) is 2.83. The van der Waals surface area contributed by atoms with Crippen LogP contribution in [0.3, 0.4) is 0 Å². The van der Waals surface area contributed by atoms with E-state index in [-0.39, 0.29) is 11.4 Å². The molecule has 3 aromatic rings. The molecule has 0 aliphatic carbocycles. The first-order valence-corrected chi connectivity index (χ1v) is 6.78. The fourth-order valence-corrected chi connectivity index (χ4v) is 2.81. The molecule has 0 aliphatic heterocycles.